The van der Waals surface area contributed by atoms with Crippen LogP contribution in [0.3, 0.4) is 0 Å². The van der Waals surface area contributed by atoms with Gasteiger partial charge in [0.25, 0.3) is 0 Å². The van der Waals surface area contributed by atoms with Crippen LogP contribution in [-0.4, -0.2) is 24.8 Å². The Kier molecular flexibility index (Phi) is 5.14. The number of piperidine rings is 1. The molecule has 0 saturated carbocycles. The molecule has 0 aromatic heterocycles. The molecule has 1 fully saturated rings. The van der Waals surface area contributed by atoms with E-state index >= 15 is 0 Å². The molecule has 0 bridgehead atoms. The monoisotopic (exact) mass is 193 g/mol. The van der Waals surface area contributed by atoms with Crippen LogP contribution >= 0.6 is 12.4 Å². The highest BCUT2D eigenvalue weighted by molar-refractivity contribution is 5.85. The van der Waals surface area contributed by atoms with Crippen molar-refractivity contribution in [3.8, 4) is 0 Å². The molecule has 0 amide bonds. The summed E-state index contributed by atoms with van der Waals surface area (Å²) in [6, 6.07) is 0. The Morgan fingerprint density at radius 2 is 1.67 bits per heavy atom. The van der Waals surface area contributed by atoms with Gasteiger partial charge in [-0.25, -0.2) is 0 Å². The zero-order chi connectivity index (χ0) is 8.32. The van der Waals surface area contributed by atoms with Crippen LogP contribution in [0.15, 0.2) is 0 Å². The Morgan fingerprint density at radius 3 is 2.08 bits per heavy atom. The summed E-state index contributed by atoms with van der Waals surface area (Å²) < 4.78 is 5.84. The summed E-state index contributed by atoms with van der Waals surface area (Å²) in [6.45, 7) is 8.58. The third kappa shape index (κ3) is 4.96. The number of hydrogen-bond donors (Lipinski definition) is 1. The maximum absolute atomic E-state index is 5.84. The second-order valence-electron chi connectivity index (χ2n) is 4.18. The summed E-state index contributed by atoms with van der Waals surface area (Å²) in [7, 11) is 0. The van der Waals surface area contributed by atoms with Gasteiger partial charge in [-0.2, -0.15) is 0 Å². The van der Waals surface area contributed by atoms with Crippen LogP contribution < -0.4 is 5.32 Å². The first kappa shape index (κ1) is 12.2. The van der Waals surface area contributed by atoms with E-state index in [0.717, 1.165) is 25.9 Å². The quantitative estimate of drug-likeness (QED) is 0.688. The molecule has 2 nitrogen and oxygen atoms in total. The summed E-state index contributed by atoms with van der Waals surface area (Å²) in [4.78, 5) is 0. The highest BCUT2D eigenvalue weighted by Gasteiger charge is 2.20. The Bertz CT molecular complexity index is 116. The SMILES string of the molecule is CC(C)(C)OC1CCNCC1.Cl. The van der Waals surface area contributed by atoms with E-state index in [2.05, 4.69) is 26.1 Å². The maximum atomic E-state index is 5.84. The van der Waals surface area contributed by atoms with E-state index in [9.17, 15) is 0 Å². The molecule has 1 heterocycles. The molecule has 1 saturated heterocycles. The van der Waals surface area contributed by atoms with E-state index in [1.54, 1.807) is 0 Å². The third-order valence-electron chi connectivity index (χ3n) is 1.81. The van der Waals surface area contributed by atoms with E-state index in [-0.39, 0.29) is 18.0 Å². The van der Waals surface area contributed by atoms with Crippen LogP contribution in [0.1, 0.15) is 33.6 Å². The second-order valence-corrected chi connectivity index (χ2v) is 4.18. The van der Waals surface area contributed by atoms with Gasteiger partial charge in [-0.3, -0.25) is 0 Å². The smallest absolute Gasteiger partial charge is 0.0606 e. The predicted molar refractivity (Wildman–Crippen MR) is 54.0 cm³/mol. The molecule has 1 aliphatic rings. The topological polar surface area (TPSA) is 21.3 Å². The van der Waals surface area contributed by atoms with Gasteiger partial charge in [-0.1, -0.05) is 0 Å². The molecule has 0 atom stereocenters. The molecule has 12 heavy (non-hydrogen) atoms. The summed E-state index contributed by atoms with van der Waals surface area (Å²) in [5.74, 6) is 0. The maximum Gasteiger partial charge on any atom is 0.0606 e. The number of rotatable bonds is 1. The van der Waals surface area contributed by atoms with Crippen molar-refractivity contribution in [2.45, 2.75) is 45.3 Å². The van der Waals surface area contributed by atoms with Gasteiger partial charge in [0.15, 0.2) is 0 Å². The van der Waals surface area contributed by atoms with E-state index < -0.39 is 0 Å². The van der Waals surface area contributed by atoms with Crippen molar-refractivity contribution < 1.29 is 4.74 Å². The van der Waals surface area contributed by atoms with E-state index in [1.807, 2.05) is 0 Å². The Morgan fingerprint density at radius 1 is 1.17 bits per heavy atom. The zero-order valence-corrected chi connectivity index (χ0v) is 9.04. The highest BCUT2D eigenvalue weighted by atomic mass is 35.5. The lowest BCUT2D eigenvalue weighted by molar-refractivity contribution is -0.0704. The molecule has 3 heteroatoms. The largest absolute Gasteiger partial charge is 0.373 e. The van der Waals surface area contributed by atoms with Gasteiger partial charge in [0.2, 0.25) is 0 Å². The minimum absolute atomic E-state index is 0. The van der Waals surface area contributed by atoms with Gasteiger partial charge in [-0.15, -0.1) is 12.4 Å². The van der Waals surface area contributed by atoms with Crippen LogP contribution in [-0.2, 0) is 4.74 Å². The normalized spacial score (nSPS) is 20.2. The first-order chi connectivity index (χ1) is 5.08. The average molecular weight is 194 g/mol. The predicted octanol–water partition coefficient (Wildman–Crippen LogP) is 1.98. The fourth-order valence-corrected chi connectivity index (χ4v) is 1.41. The molecular weight excluding hydrogens is 174 g/mol. The zero-order valence-electron chi connectivity index (χ0n) is 8.22. The lowest BCUT2D eigenvalue weighted by Crippen LogP contribution is -2.36. The Hall–Kier alpha value is 0.210. The van der Waals surface area contributed by atoms with Gasteiger partial charge in [0.05, 0.1) is 11.7 Å². The number of halogens is 1. The third-order valence-corrected chi connectivity index (χ3v) is 1.81. The van der Waals surface area contributed by atoms with Crippen LogP contribution in [0.25, 0.3) is 0 Å². The lowest BCUT2D eigenvalue weighted by atomic mass is 10.1. The van der Waals surface area contributed by atoms with Crippen LogP contribution in [0.4, 0.5) is 0 Å². The standard InChI is InChI=1S/C9H19NO.ClH/c1-9(2,3)11-8-4-6-10-7-5-8;/h8,10H,4-7H2,1-3H3;1H. The molecule has 1 rings (SSSR count). The molecule has 0 aromatic rings. The van der Waals surface area contributed by atoms with Crippen molar-refractivity contribution in [1.29, 1.82) is 0 Å². The lowest BCUT2D eigenvalue weighted by Gasteiger charge is -2.30. The van der Waals surface area contributed by atoms with Crippen molar-refractivity contribution in [3.05, 3.63) is 0 Å². The summed E-state index contributed by atoms with van der Waals surface area (Å²) in [5.41, 5.74) is 0.0298. The molecule has 0 radical (unpaired) electrons. The van der Waals surface area contributed by atoms with Crippen LogP contribution in [0.5, 0.6) is 0 Å². The minimum atomic E-state index is 0. The molecule has 1 aliphatic heterocycles. The first-order valence-electron chi connectivity index (χ1n) is 4.46. The summed E-state index contributed by atoms with van der Waals surface area (Å²) in [6.07, 6.45) is 2.81. The Labute approximate surface area is 81.5 Å². The minimum Gasteiger partial charge on any atom is -0.373 e. The van der Waals surface area contributed by atoms with E-state index in [4.69, 9.17) is 4.74 Å². The van der Waals surface area contributed by atoms with E-state index in [0.29, 0.717) is 6.10 Å². The van der Waals surface area contributed by atoms with Crippen molar-refractivity contribution in [1.82, 2.24) is 5.32 Å². The van der Waals surface area contributed by atoms with Gasteiger partial charge in [0.1, 0.15) is 0 Å². The summed E-state index contributed by atoms with van der Waals surface area (Å²) >= 11 is 0. The van der Waals surface area contributed by atoms with Gasteiger partial charge >= 0.3 is 0 Å². The number of nitrogens with one attached hydrogen (secondary N) is 1. The summed E-state index contributed by atoms with van der Waals surface area (Å²) in [5, 5.41) is 3.32. The molecule has 0 spiro atoms. The second kappa shape index (κ2) is 5.05. The van der Waals surface area contributed by atoms with Gasteiger partial charge in [-0.05, 0) is 46.7 Å². The van der Waals surface area contributed by atoms with E-state index in [1.165, 1.54) is 0 Å². The first-order valence-corrected chi connectivity index (χ1v) is 4.46. The molecule has 1 N–H and O–H groups in total. The van der Waals surface area contributed by atoms with Crippen molar-refractivity contribution in [3.63, 3.8) is 0 Å². The van der Waals surface area contributed by atoms with Crippen molar-refractivity contribution in [2.75, 3.05) is 13.1 Å². The molecule has 0 aromatic carbocycles. The molecule has 0 unspecified atom stereocenters. The molecular formula is C9H20ClNO. The fraction of sp³-hybridized carbons (Fsp3) is 1.00. The number of ether oxygens (including phenoxy) is 1. The highest BCUT2D eigenvalue weighted by Crippen LogP contribution is 2.16. The van der Waals surface area contributed by atoms with Crippen molar-refractivity contribution >= 4 is 12.4 Å². The van der Waals surface area contributed by atoms with Gasteiger partial charge < -0.3 is 10.1 Å². The molecule has 74 valence electrons. The van der Waals surface area contributed by atoms with Crippen molar-refractivity contribution in [2.24, 2.45) is 0 Å². The van der Waals surface area contributed by atoms with Crippen LogP contribution in [0.2, 0.25) is 0 Å². The van der Waals surface area contributed by atoms with Gasteiger partial charge in [0, 0.05) is 0 Å². The average Bonchev–Trinajstić information content (AvgIpc) is 1.85. The fourth-order valence-electron chi connectivity index (χ4n) is 1.41. The molecule has 0 aliphatic carbocycles. The Balaban J connectivity index is 0.00000121. The van der Waals surface area contributed by atoms with Crippen LogP contribution in [0, 0.1) is 0 Å². The number of hydrogen-bond acceptors (Lipinski definition) is 2.